The molecular formula is C21H24N2O2. The Morgan fingerprint density at radius 2 is 1.72 bits per heavy atom. The van der Waals surface area contributed by atoms with Crippen LogP contribution in [0, 0.1) is 0 Å². The second kappa shape index (κ2) is 9.42. The van der Waals surface area contributed by atoms with Crippen LogP contribution in [0.25, 0.3) is 6.08 Å². The van der Waals surface area contributed by atoms with Gasteiger partial charge in [-0.3, -0.25) is 9.59 Å². The molecule has 25 heavy (non-hydrogen) atoms. The molecule has 0 aliphatic carbocycles. The van der Waals surface area contributed by atoms with Crippen molar-refractivity contribution in [3.05, 3.63) is 77.4 Å². The van der Waals surface area contributed by atoms with Gasteiger partial charge in [-0.2, -0.15) is 0 Å². The minimum Gasteiger partial charge on any atom is -0.355 e. The summed E-state index contributed by atoms with van der Waals surface area (Å²) < 4.78 is 0. The molecule has 1 N–H and O–H groups in total. The quantitative estimate of drug-likeness (QED) is 0.787. The van der Waals surface area contributed by atoms with Gasteiger partial charge in [-0.25, -0.2) is 0 Å². The minimum atomic E-state index is -0.122. The van der Waals surface area contributed by atoms with Gasteiger partial charge in [0.25, 0.3) is 5.91 Å². The molecule has 0 aliphatic heterocycles. The Kier molecular flexibility index (Phi) is 6.96. The number of nitrogens with one attached hydrogen (secondary N) is 1. The van der Waals surface area contributed by atoms with Gasteiger partial charge >= 0.3 is 0 Å². The van der Waals surface area contributed by atoms with Gasteiger partial charge in [0.15, 0.2) is 0 Å². The molecule has 130 valence electrons. The summed E-state index contributed by atoms with van der Waals surface area (Å²) in [5.41, 5.74) is 2.60. The van der Waals surface area contributed by atoms with Crippen LogP contribution in [0.4, 0.5) is 0 Å². The fourth-order valence-corrected chi connectivity index (χ4v) is 2.50. The van der Waals surface area contributed by atoms with Crippen LogP contribution in [0.5, 0.6) is 0 Å². The summed E-state index contributed by atoms with van der Waals surface area (Å²) >= 11 is 0. The van der Waals surface area contributed by atoms with E-state index in [0.29, 0.717) is 18.7 Å². The van der Waals surface area contributed by atoms with Crippen LogP contribution in [0.15, 0.2) is 60.7 Å². The van der Waals surface area contributed by atoms with E-state index in [0.717, 1.165) is 17.5 Å². The van der Waals surface area contributed by atoms with Crippen LogP contribution in [0.3, 0.4) is 0 Å². The highest BCUT2D eigenvalue weighted by molar-refractivity contribution is 5.94. The lowest BCUT2D eigenvalue weighted by Gasteiger charge is -2.20. The zero-order chi connectivity index (χ0) is 18.1. The first-order chi connectivity index (χ1) is 12.1. The van der Waals surface area contributed by atoms with Crippen molar-refractivity contribution < 1.29 is 9.59 Å². The number of carbonyl (C=O) groups excluding carboxylic acids is 2. The van der Waals surface area contributed by atoms with E-state index in [9.17, 15) is 9.59 Å². The van der Waals surface area contributed by atoms with Crippen molar-refractivity contribution >= 4 is 17.9 Å². The molecule has 0 fully saturated rings. The van der Waals surface area contributed by atoms with Gasteiger partial charge in [0.05, 0.1) is 0 Å². The minimum absolute atomic E-state index is 0.0129. The van der Waals surface area contributed by atoms with Crippen molar-refractivity contribution in [1.82, 2.24) is 10.2 Å². The number of hydrogen-bond donors (Lipinski definition) is 1. The van der Waals surface area contributed by atoms with Gasteiger partial charge in [-0.1, -0.05) is 49.4 Å². The van der Waals surface area contributed by atoms with E-state index in [2.05, 4.69) is 12.2 Å². The van der Waals surface area contributed by atoms with Crippen LogP contribution in [-0.4, -0.2) is 30.3 Å². The topological polar surface area (TPSA) is 49.4 Å². The van der Waals surface area contributed by atoms with Crippen molar-refractivity contribution in [2.24, 2.45) is 0 Å². The third kappa shape index (κ3) is 5.60. The lowest BCUT2D eigenvalue weighted by Crippen LogP contribution is -2.29. The highest BCUT2D eigenvalue weighted by atomic mass is 16.2. The zero-order valence-corrected chi connectivity index (χ0v) is 14.7. The normalized spacial score (nSPS) is 10.6. The van der Waals surface area contributed by atoms with Gasteiger partial charge in [-0.05, 0) is 35.8 Å². The molecule has 0 saturated heterocycles. The third-order valence-electron chi connectivity index (χ3n) is 3.84. The summed E-state index contributed by atoms with van der Waals surface area (Å²) in [7, 11) is 1.60. The maximum absolute atomic E-state index is 12.5. The summed E-state index contributed by atoms with van der Waals surface area (Å²) in [4.78, 5) is 25.9. The van der Waals surface area contributed by atoms with Crippen molar-refractivity contribution in [3.8, 4) is 0 Å². The fraction of sp³-hybridized carbons (Fsp3) is 0.238. The fourth-order valence-electron chi connectivity index (χ4n) is 2.50. The predicted octanol–water partition coefficient (Wildman–Crippen LogP) is 3.50. The molecule has 0 aliphatic rings. The van der Waals surface area contributed by atoms with E-state index >= 15 is 0 Å². The second-order valence-electron chi connectivity index (χ2n) is 5.78. The Hall–Kier alpha value is -2.88. The molecule has 2 aromatic rings. The molecule has 4 heteroatoms. The van der Waals surface area contributed by atoms with Crippen molar-refractivity contribution in [3.63, 3.8) is 0 Å². The van der Waals surface area contributed by atoms with Crippen LogP contribution in [-0.2, 0) is 11.3 Å². The van der Waals surface area contributed by atoms with Crippen LogP contribution >= 0.6 is 0 Å². The number of amides is 2. The van der Waals surface area contributed by atoms with E-state index in [1.54, 1.807) is 31.3 Å². The van der Waals surface area contributed by atoms with Crippen LogP contribution in [0.1, 0.15) is 34.8 Å². The first-order valence-corrected chi connectivity index (χ1v) is 8.47. The van der Waals surface area contributed by atoms with Gasteiger partial charge in [0.2, 0.25) is 5.91 Å². The van der Waals surface area contributed by atoms with Crippen molar-refractivity contribution in [2.75, 3.05) is 13.6 Å². The Bertz CT molecular complexity index is 721. The van der Waals surface area contributed by atoms with E-state index < -0.39 is 0 Å². The number of benzene rings is 2. The highest BCUT2D eigenvalue weighted by Gasteiger charge is 2.10. The average Bonchev–Trinajstić information content (AvgIpc) is 2.66. The summed E-state index contributed by atoms with van der Waals surface area (Å²) in [6.45, 7) is 3.38. The molecular weight excluding hydrogens is 312 g/mol. The van der Waals surface area contributed by atoms with E-state index in [1.807, 2.05) is 47.4 Å². The van der Waals surface area contributed by atoms with Crippen molar-refractivity contribution in [1.29, 1.82) is 0 Å². The summed E-state index contributed by atoms with van der Waals surface area (Å²) in [6.07, 6.45) is 4.28. The molecule has 0 radical (unpaired) electrons. The van der Waals surface area contributed by atoms with Gasteiger partial charge in [0, 0.05) is 31.8 Å². The number of carbonyl (C=O) groups is 2. The molecule has 0 unspecified atom stereocenters. The van der Waals surface area contributed by atoms with Crippen LogP contribution in [0.2, 0.25) is 0 Å². The lowest BCUT2D eigenvalue weighted by atomic mass is 10.1. The highest BCUT2D eigenvalue weighted by Crippen LogP contribution is 2.09. The Morgan fingerprint density at radius 3 is 2.32 bits per heavy atom. The third-order valence-corrected chi connectivity index (χ3v) is 3.84. The molecule has 0 heterocycles. The predicted molar refractivity (Wildman–Crippen MR) is 101 cm³/mol. The maximum atomic E-state index is 12.5. The molecule has 0 saturated carbocycles. The molecule has 0 atom stereocenters. The average molecular weight is 336 g/mol. The maximum Gasteiger partial charge on any atom is 0.251 e. The SMILES string of the molecule is CCCN(Cc1ccccc1)C(=O)/C=C/c1ccc(C(=O)NC)cc1. The first-order valence-electron chi connectivity index (χ1n) is 8.47. The van der Waals surface area contributed by atoms with Crippen molar-refractivity contribution in [2.45, 2.75) is 19.9 Å². The number of rotatable bonds is 7. The number of nitrogens with zero attached hydrogens (tertiary/aromatic N) is 1. The molecule has 2 aromatic carbocycles. The summed E-state index contributed by atoms with van der Waals surface area (Å²) in [6, 6.07) is 17.1. The Morgan fingerprint density at radius 1 is 1.04 bits per heavy atom. The molecule has 0 bridgehead atoms. The lowest BCUT2D eigenvalue weighted by molar-refractivity contribution is -0.126. The van der Waals surface area contributed by atoms with Crippen LogP contribution < -0.4 is 5.32 Å². The summed E-state index contributed by atoms with van der Waals surface area (Å²) in [5.74, 6) is -0.135. The summed E-state index contributed by atoms with van der Waals surface area (Å²) in [5, 5.41) is 2.59. The monoisotopic (exact) mass is 336 g/mol. The number of hydrogen-bond acceptors (Lipinski definition) is 2. The van der Waals surface area contributed by atoms with E-state index in [4.69, 9.17) is 0 Å². The zero-order valence-electron chi connectivity index (χ0n) is 14.7. The first kappa shape index (κ1) is 18.5. The van der Waals surface area contributed by atoms with Gasteiger partial charge < -0.3 is 10.2 Å². The molecule has 0 spiro atoms. The molecule has 4 nitrogen and oxygen atoms in total. The van der Waals surface area contributed by atoms with Gasteiger partial charge in [0.1, 0.15) is 0 Å². The van der Waals surface area contributed by atoms with E-state index in [1.165, 1.54) is 0 Å². The second-order valence-corrected chi connectivity index (χ2v) is 5.78. The largest absolute Gasteiger partial charge is 0.355 e. The smallest absolute Gasteiger partial charge is 0.251 e. The molecule has 0 aromatic heterocycles. The van der Waals surface area contributed by atoms with Gasteiger partial charge in [-0.15, -0.1) is 0 Å². The van der Waals surface area contributed by atoms with E-state index in [-0.39, 0.29) is 11.8 Å². The molecule has 2 amide bonds. The Labute approximate surface area is 149 Å². The Balaban J connectivity index is 2.04. The molecule has 2 rings (SSSR count). The standard InChI is InChI=1S/C21H24N2O2/c1-3-15-23(16-18-7-5-4-6-8-18)20(24)14-11-17-9-12-19(13-10-17)21(25)22-2/h4-14H,3,15-16H2,1-2H3,(H,22,25)/b14-11+.